The van der Waals surface area contributed by atoms with Gasteiger partial charge in [0.25, 0.3) is 0 Å². The number of methoxy groups -OCH3 is 1. The van der Waals surface area contributed by atoms with E-state index >= 15 is 0 Å². The first kappa shape index (κ1) is 13.9. The van der Waals surface area contributed by atoms with Gasteiger partial charge in [-0.15, -0.1) is 0 Å². The van der Waals surface area contributed by atoms with E-state index in [1.165, 1.54) is 13.2 Å². The maximum Gasteiger partial charge on any atom is 0.228 e. The minimum atomic E-state index is -0.392. The van der Waals surface area contributed by atoms with Crippen LogP contribution in [0.15, 0.2) is 42.5 Å². The maximum atomic E-state index is 13.4. The molecule has 2 rings (SSSR count). The molecule has 104 valence electrons. The van der Waals surface area contributed by atoms with Crippen molar-refractivity contribution in [3.05, 3.63) is 53.8 Å². The normalized spacial score (nSPS) is 10.1. The molecule has 1 amide bonds. The number of nitrogens with two attached hydrogens (primary N) is 1. The van der Waals surface area contributed by atoms with Crippen LogP contribution in [0.4, 0.5) is 15.8 Å². The molecule has 0 fully saturated rings. The predicted octanol–water partition coefficient (Wildman–Crippen LogP) is 2.60. The second-order valence-corrected chi connectivity index (χ2v) is 4.27. The van der Waals surface area contributed by atoms with Gasteiger partial charge in [-0.2, -0.15) is 0 Å². The lowest BCUT2D eigenvalue weighted by molar-refractivity contribution is -0.115. The van der Waals surface area contributed by atoms with Crippen molar-refractivity contribution < 1.29 is 13.9 Å². The zero-order valence-electron chi connectivity index (χ0n) is 11.0. The summed E-state index contributed by atoms with van der Waals surface area (Å²) in [6, 6.07) is 11.1. The Kier molecular flexibility index (Phi) is 4.20. The summed E-state index contributed by atoms with van der Waals surface area (Å²) in [6.45, 7) is 0. The first-order valence-electron chi connectivity index (χ1n) is 6.07. The molecule has 2 aromatic carbocycles. The van der Waals surface area contributed by atoms with Gasteiger partial charge in [-0.05, 0) is 29.8 Å². The average Bonchev–Trinajstić information content (AvgIpc) is 2.41. The first-order chi connectivity index (χ1) is 9.60. The number of nitrogens with one attached hydrogen (secondary N) is 1. The number of benzene rings is 2. The number of hydrogen-bond acceptors (Lipinski definition) is 3. The summed E-state index contributed by atoms with van der Waals surface area (Å²) in [5.41, 5.74) is 7.07. The van der Waals surface area contributed by atoms with Gasteiger partial charge in [0, 0.05) is 5.69 Å². The van der Waals surface area contributed by atoms with Crippen LogP contribution in [-0.4, -0.2) is 13.0 Å². The molecule has 4 nitrogen and oxygen atoms in total. The summed E-state index contributed by atoms with van der Waals surface area (Å²) in [5, 5.41) is 2.67. The van der Waals surface area contributed by atoms with Crippen molar-refractivity contribution in [3.8, 4) is 5.75 Å². The van der Waals surface area contributed by atoms with Crippen molar-refractivity contribution >= 4 is 17.3 Å². The van der Waals surface area contributed by atoms with E-state index in [4.69, 9.17) is 10.5 Å². The van der Waals surface area contributed by atoms with E-state index in [0.29, 0.717) is 22.7 Å². The lowest BCUT2D eigenvalue weighted by Gasteiger charge is -2.09. The lowest BCUT2D eigenvalue weighted by atomic mass is 10.1. The highest BCUT2D eigenvalue weighted by Gasteiger charge is 2.09. The van der Waals surface area contributed by atoms with E-state index < -0.39 is 5.82 Å². The van der Waals surface area contributed by atoms with Gasteiger partial charge >= 0.3 is 0 Å². The summed E-state index contributed by atoms with van der Waals surface area (Å²) in [7, 11) is 1.52. The Morgan fingerprint density at radius 2 is 2.05 bits per heavy atom. The number of carbonyl (C=O) groups excluding carboxylic acids is 1. The third kappa shape index (κ3) is 3.26. The van der Waals surface area contributed by atoms with Crippen molar-refractivity contribution in [1.29, 1.82) is 0 Å². The number of halogens is 1. The Labute approximate surface area is 116 Å². The molecule has 0 aliphatic rings. The maximum absolute atomic E-state index is 13.4. The van der Waals surface area contributed by atoms with Crippen LogP contribution in [0.3, 0.4) is 0 Å². The number of amides is 1. The van der Waals surface area contributed by atoms with Crippen LogP contribution < -0.4 is 15.8 Å². The van der Waals surface area contributed by atoms with E-state index in [2.05, 4.69) is 5.32 Å². The fraction of sp³-hybridized carbons (Fsp3) is 0.133. The van der Waals surface area contributed by atoms with Gasteiger partial charge in [0.05, 0.1) is 19.2 Å². The molecule has 0 atom stereocenters. The lowest BCUT2D eigenvalue weighted by Crippen LogP contribution is -2.15. The van der Waals surface area contributed by atoms with Crippen LogP contribution in [0.5, 0.6) is 5.75 Å². The first-order valence-corrected chi connectivity index (χ1v) is 6.07. The number of ether oxygens (including phenoxy) is 1. The molecule has 0 unspecified atom stereocenters. The van der Waals surface area contributed by atoms with Crippen LogP contribution in [0.1, 0.15) is 5.56 Å². The molecule has 0 saturated heterocycles. The topological polar surface area (TPSA) is 64.3 Å². The summed E-state index contributed by atoms with van der Waals surface area (Å²) >= 11 is 0. The van der Waals surface area contributed by atoms with Crippen LogP contribution in [-0.2, 0) is 11.2 Å². The third-order valence-electron chi connectivity index (χ3n) is 2.82. The molecule has 0 radical (unpaired) electrons. The largest absolute Gasteiger partial charge is 0.495 e. The van der Waals surface area contributed by atoms with Crippen LogP contribution in [0.2, 0.25) is 0 Å². The van der Waals surface area contributed by atoms with Gasteiger partial charge < -0.3 is 15.8 Å². The molecule has 0 heterocycles. The fourth-order valence-electron chi connectivity index (χ4n) is 1.83. The molecule has 0 aliphatic heterocycles. The molecular weight excluding hydrogens is 259 g/mol. The molecule has 0 aromatic heterocycles. The second-order valence-electron chi connectivity index (χ2n) is 4.27. The molecule has 3 N–H and O–H groups in total. The Morgan fingerprint density at radius 1 is 1.30 bits per heavy atom. The number of anilines is 2. The minimum Gasteiger partial charge on any atom is -0.495 e. The van der Waals surface area contributed by atoms with Gasteiger partial charge in [-0.1, -0.05) is 18.2 Å². The second kappa shape index (κ2) is 6.06. The number of hydrogen-bond donors (Lipinski definition) is 2. The quantitative estimate of drug-likeness (QED) is 0.842. The van der Waals surface area contributed by atoms with Gasteiger partial charge in [0.15, 0.2) is 0 Å². The van der Waals surface area contributed by atoms with Crippen molar-refractivity contribution in [2.75, 3.05) is 18.2 Å². The Morgan fingerprint density at radius 3 is 2.70 bits per heavy atom. The molecule has 0 spiro atoms. The van der Waals surface area contributed by atoms with Gasteiger partial charge in [0.1, 0.15) is 11.6 Å². The van der Waals surface area contributed by atoms with Crippen molar-refractivity contribution in [2.24, 2.45) is 0 Å². The molecule has 20 heavy (non-hydrogen) atoms. The van der Waals surface area contributed by atoms with Gasteiger partial charge in [-0.25, -0.2) is 4.39 Å². The minimum absolute atomic E-state index is 0.0292. The van der Waals surface area contributed by atoms with Crippen LogP contribution in [0.25, 0.3) is 0 Å². The molecular formula is C15H15FN2O2. The van der Waals surface area contributed by atoms with E-state index in [9.17, 15) is 9.18 Å². The van der Waals surface area contributed by atoms with Crippen LogP contribution in [0, 0.1) is 5.82 Å². The smallest absolute Gasteiger partial charge is 0.228 e. The Hall–Kier alpha value is -2.56. The van der Waals surface area contributed by atoms with Gasteiger partial charge in [0.2, 0.25) is 5.91 Å². The summed E-state index contributed by atoms with van der Waals surface area (Å²) < 4.78 is 18.5. The molecule has 0 saturated carbocycles. The molecule has 0 aliphatic carbocycles. The summed E-state index contributed by atoms with van der Waals surface area (Å²) in [5.74, 6) is -0.159. The SMILES string of the molecule is COc1ccc(NC(=O)Cc2ccccc2F)cc1N. The monoisotopic (exact) mass is 274 g/mol. The zero-order chi connectivity index (χ0) is 14.5. The van der Waals surface area contributed by atoms with Crippen LogP contribution >= 0.6 is 0 Å². The zero-order valence-corrected chi connectivity index (χ0v) is 11.0. The fourth-order valence-corrected chi connectivity index (χ4v) is 1.83. The summed E-state index contributed by atoms with van der Waals surface area (Å²) in [6.07, 6.45) is -0.0292. The molecule has 2 aromatic rings. The third-order valence-corrected chi connectivity index (χ3v) is 2.82. The van der Waals surface area contributed by atoms with E-state index in [0.717, 1.165) is 0 Å². The Balaban J connectivity index is 2.05. The van der Waals surface area contributed by atoms with E-state index in [1.54, 1.807) is 36.4 Å². The number of carbonyl (C=O) groups is 1. The van der Waals surface area contributed by atoms with Crippen molar-refractivity contribution in [1.82, 2.24) is 0 Å². The number of rotatable bonds is 4. The van der Waals surface area contributed by atoms with Crippen molar-refractivity contribution in [2.45, 2.75) is 6.42 Å². The highest BCUT2D eigenvalue weighted by Crippen LogP contribution is 2.24. The van der Waals surface area contributed by atoms with E-state index in [-0.39, 0.29) is 12.3 Å². The Bertz CT molecular complexity index is 629. The molecule has 5 heteroatoms. The molecule has 0 bridgehead atoms. The summed E-state index contributed by atoms with van der Waals surface area (Å²) in [4.78, 5) is 11.9. The highest BCUT2D eigenvalue weighted by molar-refractivity contribution is 5.93. The highest BCUT2D eigenvalue weighted by atomic mass is 19.1. The predicted molar refractivity (Wildman–Crippen MR) is 76.1 cm³/mol. The van der Waals surface area contributed by atoms with Crippen molar-refractivity contribution in [3.63, 3.8) is 0 Å². The average molecular weight is 274 g/mol. The van der Waals surface area contributed by atoms with Gasteiger partial charge in [-0.3, -0.25) is 4.79 Å². The van der Waals surface area contributed by atoms with E-state index in [1.807, 2.05) is 0 Å². The number of nitrogen functional groups attached to an aromatic ring is 1. The standard InChI is InChI=1S/C15H15FN2O2/c1-20-14-7-6-11(9-13(14)17)18-15(19)8-10-4-2-3-5-12(10)16/h2-7,9H,8,17H2,1H3,(H,18,19).